The van der Waals surface area contributed by atoms with E-state index in [9.17, 15) is 9.59 Å². The molecule has 0 saturated heterocycles. The van der Waals surface area contributed by atoms with Gasteiger partial charge in [0.2, 0.25) is 0 Å². The molecule has 1 rings (SSSR count). The van der Waals surface area contributed by atoms with E-state index < -0.39 is 0 Å². The second-order valence-corrected chi connectivity index (χ2v) is 3.82. The number of aromatic nitrogens is 1. The quantitative estimate of drug-likeness (QED) is 0.731. The fourth-order valence-corrected chi connectivity index (χ4v) is 1.45. The molecule has 0 aromatic carbocycles. The average Bonchev–Trinajstić information content (AvgIpc) is 2.37. The lowest BCUT2D eigenvalue weighted by atomic mass is 10.1. The number of pyridine rings is 1. The summed E-state index contributed by atoms with van der Waals surface area (Å²) < 4.78 is 4.61. The van der Waals surface area contributed by atoms with Crippen LogP contribution in [0.4, 0.5) is 0 Å². The van der Waals surface area contributed by atoms with Crippen molar-refractivity contribution in [3.8, 4) is 0 Å². The minimum absolute atomic E-state index is 0.207. The van der Waals surface area contributed by atoms with E-state index in [0.29, 0.717) is 12.2 Å². The van der Waals surface area contributed by atoms with Gasteiger partial charge in [0, 0.05) is 19.8 Å². The van der Waals surface area contributed by atoms with Crippen LogP contribution in [0.5, 0.6) is 0 Å². The highest BCUT2D eigenvalue weighted by Crippen LogP contribution is 2.04. The van der Waals surface area contributed by atoms with Gasteiger partial charge in [0.05, 0.1) is 13.0 Å². The molecule has 1 amide bonds. The molecule has 0 aliphatic rings. The summed E-state index contributed by atoms with van der Waals surface area (Å²) in [6, 6.07) is 5.13. The first-order valence-electron chi connectivity index (χ1n) is 5.30. The molecule has 0 aliphatic carbocycles. The number of carbonyl (C=O) groups is 2. The number of methoxy groups -OCH3 is 1. The third-order valence-corrected chi connectivity index (χ3v) is 2.38. The zero-order chi connectivity index (χ0) is 12.8. The molecule has 5 nitrogen and oxygen atoms in total. The molecule has 92 valence electrons. The maximum atomic E-state index is 11.9. The lowest BCUT2D eigenvalue weighted by molar-refractivity contribution is -0.145. The summed E-state index contributed by atoms with van der Waals surface area (Å²) in [4.78, 5) is 28.6. The van der Waals surface area contributed by atoms with Gasteiger partial charge in [-0.15, -0.1) is 0 Å². The summed E-state index contributed by atoms with van der Waals surface area (Å²) in [5.41, 5.74) is 0.368. The number of ether oxygens (including phenoxy) is 1. The van der Waals surface area contributed by atoms with E-state index in [4.69, 9.17) is 0 Å². The number of esters is 1. The van der Waals surface area contributed by atoms with Crippen LogP contribution in [0.1, 0.15) is 17.4 Å². The summed E-state index contributed by atoms with van der Waals surface area (Å²) in [5.74, 6) is -0.885. The van der Waals surface area contributed by atoms with Crippen LogP contribution in [0.15, 0.2) is 24.4 Å². The van der Waals surface area contributed by atoms with Crippen LogP contribution in [-0.2, 0) is 9.53 Å². The third kappa shape index (κ3) is 3.55. The Balaban J connectivity index is 2.62. The molecule has 1 aromatic heterocycles. The van der Waals surface area contributed by atoms with Crippen LogP contribution >= 0.6 is 0 Å². The molecule has 0 aliphatic heterocycles. The van der Waals surface area contributed by atoms with Crippen molar-refractivity contribution in [2.45, 2.75) is 6.92 Å². The maximum Gasteiger partial charge on any atom is 0.310 e. The largest absolute Gasteiger partial charge is 0.469 e. The summed E-state index contributed by atoms with van der Waals surface area (Å²) >= 11 is 0. The van der Waals surface area contributed by atoms with Gasteiger partial charge in [0.1, 0.15) is 5.69 Å². The molecule has 0 fully saturated rings. The van der Waals surface area contributed by atoms with Gasteiger partial charge in [-0.25, -0.2) is 0 Å². The summed E-state index contributed by atoms with van der Waals surface area (Å²) in [5, 5.41) is 0. The van der Waals surface area contributed by atoms with Crippen LogP contribution in [0.25, 0.3) is 0 Å². The van der Waals surface area contributed by atoms with Gasteiger partial charge in [-0.2, -0.15) is 0 Å². The topological polar surface area (TPSA) is 59.5 Å². The van der Waals surface area contributed by atoms with Gasteiger partial charge >= 0.3 is 5.97 Å². The molecule has 17 heavy (non-hydrogen) atoms. The Hall–Kier alpha value is -1.91. The number of rotatable bonds is 4. The molecule has 1 heterocycles. The summed E-state index contributed by atoms with van der Waals surface area (Å²) in [7, 11) is 2.97. The van der Waals surface area contributed by atoms with E-state index in [1.165, 1.54) is 12.0 Å². The predicted molar refractivity (Wildman–Crippen MR) is 62.4 cm³/mol. The molecule has 0 bridgehead atoms. The van der Waals surface area contributed by atoms with E-state index in [0.717, 1.165) is 0 Å². The fraction of sp³-hybridized carbons (Fsp3) is 0.417. The Morgan fingerprint density at radius 3 is 2.71 bits per heavy atom. The monoisotopic (exact) mass is 236 g/mol. The second kappa shape index (κ2) is 5.98. The van der Waals surface area contributed by atoms with E-state index in [1.807, 2.05) is 0 Å². The first-order chi connectivity index (χ1) is 8.06. The molecule has 1 aromatic rings. The number of hydrogen-bond acceptors (Lipinski definition) is 4. The van der Waals surface area contributed by atoms with Crippen LogP contribution in [0, 0.1) is 5.92 Å². The van der Waals surface area contributed by atoms with Gasteiger partial charge in [0.15, 0.2) is 0 Å². The summed E-state index contributed by atoms with van der Waals surface area (Å²) in [6.07, 6.45) is 1.56. The molecular weight excluding hydrogens is 220 g/mol. The van der Waals surface area contributed by atoms with E-state index in [2.05, 4.69) is 9.72 Å². The highest BCUT2D eigenvalue weighted by Gasteiger charge is 2.19. The van der Waals surface area contributed by atoms with Crippen molar-refractivity contribution in [1.82, 2.24) is 9.88 Å². The highest BCUT2D eigenvalue weighted by atomic mass is 16.5. The van der Waals surface area contributed by atoms with Crippen molar-refractivity contribution >= 4 is 11.9 Å². The molecule has 0 saturated carbocycles. The molecule has 0 spiro atoms. The Bertz CT molecular complexity index is 392. The third-order valence-electron chi connectivity index (χ3n) is 2.38. The standard InChI is InChI=1S/C12H16N2O3/c1-9(12(16)17-3)8-14(2)11(15)10-6-4-5-7-13-10/h4-7,9H,8H2,1-3H3. The van der Waals surface area contributed by atoms with Crippen molar-refractivity contribution < 1.29 is 14.3 Å². The van der Waals surface area contributed by atoms with Gasteiger partial charge < -0.3 is 9.64 Å². The molecule has 0 radical (unpaired) electrons. The minimum Gasteiger partial charge on any atom is -0.469 e. The zero-order valence-electron chi connectivity index (χ0n) is 10.2. The lowest BCUT2D eigenvalue weighted by Gasteiger charge is -2.19. The number of carbonyl (C=O) groups excluding carboxylic acids is 2. The predicted octanol–water partition coefficient (Wildman–Crippen LogP) is 0.963. The van der Waals surface area contributed by atoms with Crippen molar-refractivity contribution in [2.75, 3.05) is 20.7 Å². The second-order valence-electron chi connectivity index (χ2n) is 3.82. The molecule has 0 N–H and O–H groups in total. The normalized spacial score (nSPS) is 11.7. The number of amides is 1. The van der Waals surface area contributed by atoms with E-state index >= 15 is 0 Å². The summed E-state index contributed by atoms with van der Waals surface area (Å²) in [6.45, 7) is 2.02. The van der Waals surface area contributed by atoms with Crippen LogP contribution < -0.4 is 0 Å². The molecule has 1 unspecified atom stereocenters. The Morgan fingerprint density at radius 1 is 1.47 bits per heavy atom. The Labute approximate surface area is 100 Å². The van der Waals surface area contributed by atoms with Crippen LogP contribution in [0.3, 0.4) is 0 Å². The fourth-order valence-electron chi connectivity index (χ4n) is 1.45. The number of nitrogens with zero attached hydrogens (tertiary/aromatic N) is 2. The van der Waals surface area contributed by atoms with Gasteiger partial charge in [-0.1, -0.05) is 13.0 Å². The SMILES string of the molecule is COC(=O)C(C)CN(C)C(=O)c1ccccn1. The zero-order valence-corrected chi connectivity index (χ0v) is 10.2. The minimum atomic E-state index is -0.349. The van der Waals surface area contributed by atoms with Gasteiger partial charge in [0.25, 0.3) is 5.91 Å². The van der Waals surface area contributed by atoms with Crippen molar-refractivity contribution in [1.29, 1.82) is 0 Å². The van der Waals surface area contributed by atoms with Crippen molar-refractivity contribution in [2.24, 2.45) is 5.92 Å². The molecular formula is C12H16N2O3. The van der Waals surface area contributed by atoms with Crippen LogP contribution in [-0.4, -0.2) is 42.5 Å². The van der Waals surface area contributed by atoms with E-state index in [1.54, 1.807) is 38.4 Å². The Morgan fingerprint density at radius 2 is 2.18 bits per heavy atom. The van der Waals surface area contributed by atoms with Crippen LogP contribution in [0.2, 0.25) is 0 Å². The molecule has 1 atom stereocenters. The molecule has 5 heteroatoms. The first kappa shape index (κ1) is 13.2. The van der Waals surface area contributed by atoms with Crippen molar-refractivity contribution in [3.05, 3.63) is 30.1 Å². The first-order valence-corrected chi connectivity index (χ1v) is 5.30. The maximum absolute atomic E-state index is 11.9. The average molecular weight is 236 g/mol. The highest BCUT2D eigenvalue weighted by molar-refractivity contribution is 5.92. The lowest BCUT2D eigenvalue weighted by Crippen LogP contribution is -2.34. The number of hydrogen-bond donors (Lipinski definition) is 0. The van der Waals surface area contributed by atoms with Crippen molar-refractivity contribution in [3.63, 3.8) is 0 Å². The van der Waals surface area contributed by atoms with Gasteiger partial charge in [-0.05, 0) is 12.1 Å². The van der Waals surface area contributed by atoms with Gasteiger partial charge in [-0.3, -0.25) is 14.6 Å². The Kier molecular flexibility index (Phi) is 4.63. The van der Waals surface area contributed by atoms with E-state index in [-0.39, 0.29) is 17.8 Å². The smallest absolute Gasteiger partial charge is 0.310 e.